The summed E-state index contributed by atoms with van der Waals surface area (Å²) >= 11 is 1.33. The van der Waals surface area contributed by atoms with Crippen LogP contribution in [0.3, 0.4) is 0 Å². The number of benzene rings is 2. The van der Waals surface area contributed by atoms with Gasteiger partial charge in [0.1, 0.15) is 0 Å². The predicted molar refractivity (Wildman–Crippen MR) is 105 cm³/mol. The van der Waals surface area contributed by atoms with Crippen molar-refractivity contribution in [2.45, 2.75) is 37.3 Å². The molecule has 0 radical (unpaired) electrons. The van der Waals surface area contributed by atoms with Gasteiger partial charge in [0, 0.05) is 10.5 Å². The first kappa shape index (κ1) is 19.2. The highest BCUT2D eigenvalue weighted by Crippen LogP contribution is 2.36. The van der Waals surface area contributed by atoms with Gasteiger partial charge in [-0.25, -0.2) is 0 Å². The number of carbonyl (C=O) groups excluding carboxylic acids is 3. The molecule has 0 saturated carbocycles. The standard InChI is InChI=1S/C21H21NO4S/c1-12-8-14(3)15(9-13(12)2)17(23)11-26-20(24)10-19-21(25)22-16-6-4-5-7-18(16)27-19/h4-9,19H,10-11H2,1-3H3,(H,22,25)/t19-/m1/s1. The van der Waals surface area contributed by atoms with E-state index in [0.29, 0.717) is 5.56 Å². The van der Waals surface area contributed by atoms with E-state index in [4.69, 9.17) is 4.74 Å². The van der Waals surface area contributed by atoms with Gasteiger partial charge in [0.15, 0.2) is 6.61 Å². The SMILES string of the molecule is Cc1cc(C)c(C(=O)COC(=O)C[C@H]2Sc3ccccc3NC2=O)cc1C. The number of esters is 1. The van der Waals surface area contributed by atoms with E-state index in [2.05, 4.69) is 5.32 Å². The molecule has 0 aliphatic carbocycles. The van der Waals surface area contributed by atoms with Crippen LogP contribution in [-0.2, 0) is 14.3 Å². The zero-order valence-electron chi connectivity index (χ0n) is 15.5. The van der Waals surface area contributed by atoms with Gasteiger partial charge in [0.25, 0.3) is 0 Å². The van der Waals surface area contributed by atoms with Crippen molar-refractivity contribution in [1.82, 2.24) is 0 Å². The Morgan fingerprint density at radius 1 is 1.07 bits per heavy atom. The highest BCUT2D eigenvalue weighted by molar-refractivity contribution is 8.01. The molecule has 1 N–H and O–H groups in total. The number of anilines is 1. The highest BCUT2D eigenvalue weighted by atomic mass is 32.2. The Balaban J connectivity index is 1.58. The third-order valence-electron chi connectivity index (χ3n) is 4.56. The second-order valence-corrected chi connectivity index (χ2v) is 7.88. The summed E-state index contributed by atoms with van der Waals surface area (Å²) in [6.07, 6.45) is -0.0793. The topological polar surface area (TPSA) is 72.5 Å². The van der Waals surface area contributed by atoms with Crippen LogP contribution in [0.25, 0.3) is 0 Å². The second-order valence-electron chi connectivity index (χ2n) is 6.63. The van der Waals surface area contributed by atoms with Crippen LogP contribution in [0.1, 0.15) is 33.5 Å². The lowest BCUT2D eigenvalue weighted by molar-refractivity contribution is -0.143. The van der Waals surface area contributed by atoms with Gasteiger partial charge in [0.05, 0.1) is 17.4 Å². The number of hydrogen-bond donors (Lipinski definition) is 1. The zero-order chi connectivity index (χ0) is 19.6. The summed E-state index contributed by atoms with van der Waals surface area (Å²) < 4.78 is 5.14. The number of amides is 1. The molecule has 0 spiro atoms. The molecule has 0 aromatic heterocycles. The van der Waals surface area contributed by atoms with Crippen molar-refractivity contribution >= 4 is 35.1 Å². The van der Waals surface area contributed by atoms with Gasteiger partial charge in [-0.1, -0.05) is 18.2 Å². The molecule has 1 amide bonds. The number of hydrogen-bond acceptors (Lipinski definition) is 5. The molecule has 0 unspecified atom stereocenters. The Morgan fingerprint density at radius 3 is 2.56 bits per heavy atom. The molecule has 27 heavy (non-hydrogen) atoms. The fourth-order valence-corrected chi connectivity index (χ4v) is 4.02. The summed E-state index contributed by atoms with van der Waals surface area (Å²) in [6, 6.07) is 11.2. The van der Waals surface area contributed by atoms with Crippen LogP contribution < -0.4 is 5.32 Å². The van der Waals surface area contributed by atoms with Gasteiger partial charge < -0.3 is 10.1 Å². The molecule has 0 fully saturated rings. The van der Waals surface area contributed by atoms with E-state index in [1.807, 2.05) is 57.2 Å². The Bertz CT molecular complexity index is 922. The molecular formula is C21H21NO4S. The van der Waals surface area contributed by atoms with E-state index in [1.165, 1.54) is 11.8 Å². The average molecular weight is 383 g/mol. The Morgan fingerprint density at radius 2 is 1.78 bits per heavy atom. The van der Waals surface area contributed by atoms with Crippen molar-refractivity contribution in [1.29, 1.82) is 0 Å². The number of thioether (sulfide) groups is 1. The summed E-state index contributed by atoms with van der Waals surface area (Å²) in [5.41, 5.74) is 4.30. The third-order valence-corrected chi connectivity index (χ3v) is 5.84. The second kappa shape index (κ2) is 7.96. The lowest BCUT2D eigenvalue weighted by Crippen LogP contribution is -2.31. The summed E-state index contributed by atoms with van der Waals surface area (Å²) in [6.45, 7) is 5.47. The largest absolute Gasteiger partial charge is 0.457 e. The molecule has 3 rings (SSSR count). The van der Waals surface area contributed by atoms with Crippen LogP contribution in [-0.4, -0.2) is 29.5 Å². The molecule has 2 aromatic rings. The number of nitrogens with one attached hydrogen (secondary N) is 1. The van der Waals surface area contributed by atoms with Gasteiger partial charge in [-0.2, -0.15) is 0 Å². The van der Waals surface area contributed by atoms with Crippen LogP contribution in [0.2, 0.25) is 0 Å². The molecule has 1 aliphatic heterocycles. The summed E-state index contributed by atoms with van der Waals surface area (Å²) in [5, 5.41) is 2.23. The first-order valence-corrected chi connectivity index (χ1v) is 9.56. The first-order valence-electron chi connectivity index (χ1n) is 8.68. The number of ketones is 1. The van der Waals surface area contributed by atoms with Gasteiger partial charge in [0.2, 0.25) is 11.7 Å². The monoisotopic (exact) mass is 383 g/mol. The Labute approximate surface area is 162 Å². The number of ether oxygens (including phenoxy) is 1. The van der Waals surface area contributed by atoms with Gasteiger partial charge in [-0.05, 0) is 55.7 Å². The average Bonchev–Trinajstić information content (AvgIpc) is 2.63. The molecule has 5 nitrogen and oxygen atoms in total. The molecular weight excluding hydrogens is 362 g/mol. The maximum absolute atomic E-state index is 12.4. The van der Waals surface area contributed by atoms with Gasteiger partial charge >= 0.3 is 5.97 Å². The maximum Gasteiger partial charge on any atom is 0.307 e. The fourth-order valence-electron chi connectivity index (χ4n) is 2.92. The van der Waals surface area contributed by atoms with Crippen LogP contribution in [0.5, 0.6) is 0 Å². The van der Waals surface area contributed by atoms with Gasteiger partial charge in [-0.15, -0.1) is 11.8 Å². The predicted octanol–water partition coefficient (Wildman–Crippen LogP) is 3.84. The van der Waals surface area contributed by atoms with E-state index in [1.54, 1.807) is 0 Å². The number of para-hydroxylation sites is 1. The minimum absolute atomic E-state index is 0.0793. The van der Waals surface area contributed by atoms with Crippen LogP contribution >= 0.6 is 11.8 Å². The highest BCUT2D eigenvalue weighted by Gasteiger charge is 2.29. The van der Waals surface area contributed by atoms with Crippen LogP contribution in [0, 0.1) is 20.8 Å². The number of aryl methyl sites for hydroxylation is 3. The number of rotatable bonds is 5. The van der Waals surface area contributed by atoms with Crippen LogP contribution in [0.4, 0.5) is 5.69 Å². The molecule has 0 bridgehead atoms. The Hall–Kier alpha value is -2.60. The Kier molecular flexibility index (Phi) is 5.65. The molecule has 140 valence electrons. The van der Waals surface area contributed by atoms with E-state index < -0.39 is 11.2 Å². The molecule has 1 atom stereocenters. The summed E-state index contributed by atoms with van der Waals surface area (Å²) in [5.74, 6) is -1.03. The van der Waals surface area contributed by atoms with Crippen molar-refractivity contribution in [2.24, 2.45) is 0 Å². The molecule has 2 aromatic carbocycles. The molecule has 1 heterocycles. The number of Topliss-reactive ketones (excluding diaryl/α,β-unsaturated/α-hetero) is 1. The number of fused-ring (bicyclic) bond motifs is 1. The van der Waals surface area contributed by atoms with E-state index in [0.717, 1.165) is 27.3 Å². The van der Waals surface area contributed by atoms with E-state index in [9.17, 15) is 14.4 Å². The normalized spacial score (nSPS) is 15.7. The molecule has 0 saturated heterocycles. The molecule has 1 aliphatic rings. The molecule has 6 heteroatoms. The fraction of sp³-hybridized carbons (Fsp3) is 0.286. The minimum Gasteiger partial charge on any atom is -0.457 e. The smallest absolute Gasteiger partial charge is 0.307 e. The maximum atomic E-state index is 12.4. The van der Waals surface area contributed by atoms with Gasteiger partial charge in [-0.3, -0.25) is 14.4 Å². The van der Waals surface area contributed by atoms with E-state index in [-0.39, 0.29) is 24.7 Å². The van der Waals surface area contributed by atoms with Crippen molar-refractivity contribution in [3.63, 3.8) is 0 Å². The zero-order valence-corrected chi connectivity index (χ0v) is 16.3. The quantitative estimate of drug-likeness (QED) is 0.627. The lowest BCUT2D eigenvalue weighted by atomic mass is 9.98. The number of carbonyl (C=O) groups is 3. The van der Waals surface area contributed by atoms with E-state index >= 15 is 0 Å². The van der Waals surface area contributed by atoms with Crippen molar-refractivity contribution in [3.05, 3.63) is 58.7 Å². The van der Waals surface area contributed by atoms with Crippen molar-refractivity contribution in [3.8, 4) is 0 Å². The third kappa shape index (κ3) is 4.39. The van der Waals surface area contributed by atoms with Crippen LogP contribution in [0.15, 0.2) is 41.3 Å². The van der Waals surface area contributed by atoms with Crippen molar-refractivity contribution in [2.75, 3.05) is 11.9 Å². The van der Waals surface area contributed by atoms with Crippen molar-refractivity contribution < 1.29 is 19.1 Å². The summed E-state index contributed by atoms with van der Waals surface area (Å²) in [7, 11) is 0. The minimum atomic E-state index is -0.564. The summed E-state index contributed by atoms with van der Waals surface area (Å²) in [4.78, 5) is 37.6. The first-order chi connectivity index (χ1) is 12.8. The lowest BCUT2D eigenvalue weighted by Gasteiger charge is -2.23.